The summed E-state index contributed by atoms with van der Waals surface area (Å²) in [7, 11) is -3.45. The Labute approximate surface area is 124 Å². The fourth-order valence-corrected chi connectivity index (χ4v) is 2.31. The predicted molar refractivity (Wildman–Crippen MR) is 70.6 cm³/mol. The van der Waals surface area contributed by atoms with Crippen molar-refractivity contribution >= 4 is 9.84 Å². The Bertz CT molecular complexity index is 801. The second kappa shape index (κ2) is 5.60. The lowest BCUT2D eigenvalue weighted by molar-refractivity contribution is 0.362. The summed E-state index contributed by atoms with van der Waals surface area (Å²) in [5, 5.41) is 0. The smallest absolute Gasteiger partial charge is 0.204 e. The maximum Gasteiger partial charge on any atom is 0.204 e. The van der Waals surface area contributed by atoms with Crippen LogP contribution in [0.25, 0.3) is 0 Å². The van der Waals surface area contributed by atoms with E-state index in [1.54, 1.807) is 0 Å². The van der Waals surface area contributed by atoms with Crippen LogP contribution in [0.4, 0.5) is 17.6 Å². The van der Waals surface area contributed by atoms with Gasteiger partial charge in [0.25, 0.3) is 0 Å². The summed E-state index contributed by atoms with van der Waals surface area (Å²) in [4.78, 5) is -0.0398. The average molecular weight is 334 g/mol. The largest absolute Gasteiger partial charge is 0.451 e. The molecule has 0 unspecified atom stereocenters. The van der Waals surface area contributed by atoms with Crippen LogP contribution in [0.5, 0.6) is 11.5 Å². The van der Waals surface area contributed by atoms with E-state index in [0.717, 1.165) is 37.4 Å². The second-order valence-electron chi connectivity index (χ2n) is 4.56. The molecule has 0 aliphatic heterocycles. The Kier molecular flexibility index (Phi) is 4.15. The third kappa shape index (κ3) is 2.92. The lowest BCUT2D eigenvalue weighted by atomic mass is 10.2. The third-order valence-corrected chi connectivity index (χ3v) is 4.04. The van der Waals surface area contributed by atoms with Crippen LogP contribution in [0.1, 0.15) is 5.56 Å². The highest BCUT2D eigenvalue weighted by molar-refractivity contribution is 7.90. The van der Waals surface area contributed by atoms with Crippen molar-refractivity contribution in [1.29, 1.82) is 0 Å². The number of benzene rings is 2. The molecule has 0 radical (unpaired) electrons. The van der Waals surface area contributed by atoms with Crippen molar-refractivity contribution in [3.8, 4) is 11.5 Å². The SMILES string of the molecule is Cc1c(F)c(F)c(Oc2ccc(S(C)(=O)=O)cc2)c(F)c1F. The van der Waals surface area contributed by atoms with E-state index < -0.39 is 44.4 Å². The first kappa shape index (κ1) is 16.3. The van der Waals surface area contributed by atoms with E-state index in [2.05, 4.69) is 0 Å². The van der Waals surface area contributed by atoms with E-state index in [0.29, 0.717) is 0 Å². The molecule has 8 heteroatoms. The molecule has 118 valence electrons. The number of halogens is 4. The summed E-state index contributed by atoms with van der Waals surface area (Å²) >= 11 is 0. The second-order valence-corrected chi connectivity index (χ2v) is 6.57. The Morgan fingerprint density at radius 1 is 0.864 bits per heavy atom. The quantitative estimate of drug-likeness (QED) is 0.634. The molecule has 0 spiro atoms. The minimum atomic E-state index is -3.45. The van der Waals surface area contributed by atoms with Gasteiger partial charge in [-0.1, -0.05) is 0 Å². The van der Waals surface area contributed by atoms with E-state index in [9.17, 15) is 26.0 Å². The van der Waals surface area contributed by atoms with Gasteiger partial charge in [0.2, 0.25) is 17.4 Å². The molecule has 2 aromatic carbocycles. The van der Waals surface area contributed by atoms with Gasteiger partial charge in [-0.3, -0.25) is 0 Å². The normalized spacial score (nSPS) is 11.5. The van der Waals surface area contributed by atoms with Gasteiger partial charge in [-0.05, 0) is 31.2 Å². The van der Waals surface area contributed by atoms with Crippen molar-refractivity contribution in [1.82, 2.24) is 0 Å². The molecule has 0 N–H and O–H groups in total. The van der Waals surface area contributed by atoms with Crippen LogP contribution in [-0.4, -0.2) is 14.7 Å². The molecule has 0 atom stereocenters. The molecule has 2 aromatic rings. The number of rotatable bonds is 3. The van der Waals surface area contributed by atoms with Crippen LogP contribution < -0.4 is 4.74 Å². The molecular formula is C14H10F4O3S. The maximum absolute atomic E-state index is 13.7. The van der Waals surface area contributed by atoms with Gasteiger partial charge in [-0.15, -0.1) is 0 Å². The van der Waals surface area contributed by atoms with Gasteiger partial charge in [0, 0.05) is 11.8 Å². The standard InChI is InChI=1S/C14H10F4O3S/c1-7-10(15)12(17)14(13(18)11(7)16)21-8-3-5-9(6-4-8)22(2,19)20/h3-6H,1-2H3. The number of ether oxygens (including phenoxy) is 1. The first-order chi connectivity index (χ1) is 10.1. The van der Waals surface area contributed by atoms with E-state index in [4.69, 9.17) is 4.74 Å². The van der Waals surface area contributed by atoms with Gasteiger partial charge in [0.1, 0.15) is 5.75 Å². The Hall–Kier alpha value is -2.09. The summed E-state index contributed by atoms with van der Waals surface area (Å²) in [5.41, 5.74) is -0.797. The lowest BCUT2D eigenvalue weighted by Gasteiger charge is -2.11. The summed E-state index contributed by atoms with van der Waals surface area (Å²) in [6, 6.07) is 4.51. The van der Waals surface area contributed by atoms with Crippen LogP contribution in [0.3, 0.4) is 0 Å². The summed E-state index contributed by atoms with van der Waals surface area (Å²) in [5.74, 6) is -7.84. The van der Waals surface area contributed by atoms with Gasteiger partial charge >= 0.3 is 0 Å². The van der Waals surface area contributed by atoms with Crippen molar-refractivity contribution in [3.63, 3.8) is 0 Å². The molecule has 0 fully saturated rings. The zero-order chi connectivity index (χ0) is 16.7. The molecular weight excluding hydrogens is 324 g/mol. The molecule has 0 bridgehead atoms. The monoisotopic (exact) mass is 334 g/mol. The summed E-state index contributed by atoms with van der Waals surface area (Å²) in [6.45, 7) is 0.890. The molecule has 0 saturated heterocycles. The molecule has 0 aliphatic carbocycles. The van der Waals surface area contributed by atoms with Gasteiger partial charge < -0.3 is 4.74 Å². The summed E-state index contributed by atoms with van der Waals surface area (Å²) in [6.07, 6.45) is 0.979. The van der Waals surface area contributed by atoms with Crippen LogP contribution >= 0.6 is 0 Å². The van der Waals surface area contributed by atoms with E-state index in [1.165, 1.54) is 0 Å². The number of hydrogen-bond acceptors (Lipinski definition) is 3. The number of sulfone groups is 1. The summed E-state index contributed by atoms with van der Waals surface area (Å²) < 4.78 is 81.5. The highest BCUT2D eigenvalue weighted by Crippen LogP contribution is 2.33. The zero-order valence-electron chi connectivity index (χ0n) is 11.5. The van der Waals surface area contributed by atoms with Crippen LogP contribution in [0.15, 0.2) is 29.2 Å². The fraction of sp³-hybridized carbons (Fsp3) is 0.143. The van der Waals surface area contributed by atoms with Gasteiger partial charge in [0.15, 0.2) is 21.5 Å². The van der Waals surface area contributed by atoms with Crippen LogP contribution in [-0.2, 0) is 9.84 Å². The molecule has 22 heavy (non-hydrogen) atoms. The topological polar surface area (TPSA) is 43.4 Å². The predicted octanol–water partition coefficient (Wildman–Crippen LogP) is 3.75. The molecule has 3 nitrogen and oxygen atoms in total. The van der Waals surface area contributed by atoms with Gasteiger partial charge in [0.05, 0.1) is 4.90 Å². The van der Waals surface area contributed by atoms with Crippen LogP contribution in [0.2, 0.25) is 0 Å². The minimum Gasteiger partial charge on any atom is -0.451 e. The van der Waals surface area contributed by atoms with Crippen molar-refractivity contribution in [3.05, 3.63) is 53.1 Å². The molecule has 2 rings (SSSR count). The molecule has 0 saturated carbocycles. The molecule has 0 amide bonds. The molecule has 0 aliphatic rings. The lowest BCUT2D eigenvalue weighted by Crippen LogP contribution is -2.03. The van der Waals surface area contributed by atoms with Crippen molar-refractivity contribution in [2.45, 2.75) is 11.8 Å². The number of hydrogen-bond donors (Lipinski definition) is 0. The van der Waals surface area contributed by atoms with Gasteiger partial charge in [-0.25, -0.2) is 17.2 Å². The zero-order valence-corrected chi connectivity index (χ0v) is 12.3. The maximum atomic E-state index is 13.7. The van der Waals surface area contributed by atoms with E-state index in [-0.39, 0.29) is 10.6 Å². The Balaban J connectivity index is 2.44. The van der Waals surface area contributed by atoms with Crippen LogP contribution in [0, 0.1) is 30.2 Å². The highest BCUT2D eigenvalue weighted by atomic mass is 32.2. The van der Waals surface area contributed by atoms with Gasteiger partial charge in [-0.2, -0.15) is 8.78 Å². The third-order valence-electron chi connectivity index (χ3n) is 2.91. The van der Waals surface area contributed by atoms with Crippen molar-refractivity contribution < 1.29 is 30.7 Å². The Morgan fingerprint density at radius 3 is 1.73 bits per heavy atom. The minimum absolute atomic E-state index is 0.0398. The highest BCUT2D eigenvalue weighted by Gasteiger charge is 2.25. The van der Waals surface area contributed by atoms with E-state index in [1.807, 2.05) is 0 Å². The van der Waals surface area contributed by atoms with E-state index >= 15 is 0 Å². The Morgan fingerprint density at radius 2 is 1.32 bits per heavy atom. The first-order valence-corrected chi connectivity index (χ1v) is 7.82. The molecule has 0 aromatic heterocycles. The molecule has 0 heterocycles. The van der Waals surface area contributed by atoms with Crippen molar-refractivity contribution in [2.24, 2.45) is 0 Å². The first-order valence-electron chi connectivity index (χ1n) is 5.93. The van der Waals surface area contributed by atoms with Crippen molar-refractivity contribution in [2.75, 3.05) is 6.26 Å². The fourth-order valence-electron chi connectivity index (χ4n) is 1.68. The average Bonchev–Trinajstić information content (AvgIpc) is 2.47.